The smallest absolute Gasteiger partial charge is 0.238 e. The van der Waals surface area contributed by atoms with Crippen molar-refractivity contribution in [2.45, 2.75) is 31.8 Å². The number of hydrogen-bond acceptors (Lipinski definition) is 4. The SMILES string of the molecule is O=C(CN1CCCC[C@@H]1Cn1cccn1)Nc1cccnc1. The molecule has 22 heavy (non-hydrogen) atoms. The molecular formula is C16H21N5O. The Kier molecular flexibility index (Phi) is 4.80. The monoisotopic (exact) mass is 299 g/mol. The van der Waals surface area contributed by atoms with E-state index in [0.717, 1.165) is 31.6 Å². The number of pyridine rings is 1. The van der Waals surface area contributed by atoms with Crippen molar-refractivity contribution < 1.29 is 4.79 Å². The van der Waals surface area contributed by atoms with Gasteiger partial charge in [0.25, 0.3) is 0 Å². The van der Waals surface area contributed by atoms with Crippen LogP contribution < -0.4 is 5.32 Å². The third-order valence-corrected chi connectivity index (χ3v) is 4.00. The summed E-state index contributed by atoms with van der Waals surface area (Å²) in [7, 11) is 0. The summed E-state index contributed by atoms with van der Waals surface area (Å²) in [6.07, 6.45) is 10.6. The summed E-state index contributed by atoms with van der Waals surface area (Å²) in [6.45, 7) is 2.22. The van der Waals surface area contributed by atoms with E-state index in [-0.39, 0.29) is 5.91 Å². The fraction of sp³-hybridized carbons (Fsp3) is 0.438. The zero-order valence-corrected chi connectivity index (χ0v) is 12.6. The quantitative estimate of drug-likeness (QED) is 0.914. The van der Waals surface area contributed by atoms with Crippen LogP contribution in [0.1, 0.15) is 19.3 Å². The average Bonchev–Trinajstić information content (AvgIpc) is 3.03. The molecule has 0 aromatic carbocycles. The van der Waals surface area contributed by atoms with Gasteiger partial charge in [0.05, 0.1) is 25.0 Å². The number of carbonyl (C=O) groups is 1. The number of piperidine rings is 1. The predicted molar refractivity (Wildman–Crippen MR) is 84.3 cm³/mol. The maximum absolute atomic E-state index is 12.2. The molecule has 1 amide bonds. The molecule has 1 aliphatic heterocycles. The summed E-state index contributed by atoms with van der Waals surface area (Å²) in [5, 5.41) is 7.18. The average molecular weight is 299 g/mol. The van der Waals surface area contributed by atoms with E-state index in [9.17, 15) is 4.79 Å². The fourth-order valence-electron chi connectivity index (χ4n) is 2.92. The van der Waals surface area contributed by atoms with E-state index < -0.39 is 0 Å². The number of hydrogen-bond donors (Lipinski definition) is 1. The van der Waals surface area contributed by atoms with Gasteiger partial charge in [-0.1, -0.05) is 6.42 Å². The lowest BCUT2D eigenvalue weighted by atomic mass is 10.0. The van der Waals surface area contributed by atoms with Crippen molar-refractivity contribution in [2.75, 3.05) is 18.4 Å². The van der Waals surface area contributed by atoms with Crippen molar-refractivity contribution in [1.29, 1.82) is 0 Å². The highest BCUT2D eigenvalue weighted by Gasteiger charge is 2.24. The molecule has 0 bridgehead atoms. The highest BCUT2D eigenvalue weighted by molar-refractivity contribution is 5.92. The lowest BCUT2D eigenvalue weighted by Crippen LogP contribution is -2.46. The van der Waals surface area contributed by atoms with Crippen LogP contribution in [0.4, 0.5) is 5.69 Å². The molecule has 1 saturated heterocycles. The Morgan fingerprint density at radius 2 is 2.27 bits per heavy atom. The molecule has 0 radical (unpaired) electrons. The van der Waals surface area contributed by atoms with Crippen molar-refractivity contribution in [3.05, 3.63) is 43.0 Å². The Balaban J connectivity index is 1.57. The standard InChI is InChI=1S/C16H21N5O/c22-16(19-14-5-3-7-17-11-14)13-20-9-2-1-6-15(20)12-21-10-4-8-18-21/h3-5,7-8,10-11,15H,1-2,6,9,12-13H2,(H,19,22)/t15-/m1/s1. The summed E-state index contributed by atoms with van der Waals surface area (Å²) in [5.41, 5.74) is 0.744. The maximum Gasteiger partial charge on any atom is 0.238 e. The molecule has 0 spiro atoms. The molecular weight excluding hydrogens is 278 g/mol. The summed E-state index contributed by atoms with van der Waals surface area (Å²) < 4.78 is 1.95. The summed E-state index contributed by atoms with van der Waals surface area (Å²) >= 11 is 0. The molecule has 6 heteroatoms. The van der Waals surface area contributed by atoms with Crippen LogP contribution in [0.3, 0.4) is 0 Å². The summed E-state index contributed by atoms with van der Waals surface area (Å²) in [4.78, 5) is 18.5. The van der Waals surface area contributed by atoms with Gasteiger partial charge < -0.3 is 5.32 Å². The van der Waals surface area contributed by atoms with E-state index in [4.69, 9.17) is 0 Å². The Labute approximate surface area is 130 Å². The van der Waals surface area contributed by atoms with Crippen molar-refractivity contribution in [3.8, 4) is 0 Å². The van der Waals surface area contributed by atoms with E-state index >= 15 is 0 Å². The van der Waals surface area contributed by atoms with E-state index in [0.29, 0.717) is 12.6 Å². The molecule has 3 rings (SSSR count). The van der Waals surface area contributed by atoms with Gasteiger partial charge in [0.15, 0.2) is 0 Å². The van der Waals surface area contributed by atoms with Gasteiger partial charge in [0.2, 0.25) is 5.91 Å². The Morgan fingerprint density at radius 3 is 3.05 bits per heavy atom. The largest absolute Gasteiger partial charge is 0.324 e. The molecule has 1 aliphatic rings. The van der Waals surface area contributed by atoms with E-state index in [1.54, 1.807) is 18.6 Å². The number of aromatic nitrogens is 3. The lowest BCUT2D eigenvalue weighted by Gasteiger charge is -2.35. The van der Waals surface area contributed by atoms with Crippen LogP contribution in [0.5, 0.6) is 0 Å². The minimum absolute atomic E-state index is 0.0142. The highest BCUT2D eigenvalue weighted by atomic mass is 16.2. The number of nitrogens with zero attached hydrogens (tertiary/aromatic N) is 4. The number of likely N-dealkylation sites (tertiary alicyclic amines) is 1. The Bertz CT molecular complexity index is 584. The molecule has 2 aromatic heterocycles. The van der Waals surface area contributed by atoms with Crippen molar-refractivity contribution >= 4 is 11.6 Å². The van der Waals surface area contributed by atoms with Crippen LogP contribution in [-0.2, 0) is 11.3 Å². The van der Waals surface area contributed by atoms with Crippen LogP contribution in [0.25, 0.3) is 0 Å². The van der Waals surface area contributed by atoms with Crippen LogP contribution in [0.2, 0.25) is 0 Å². The minimum atomic E-state index is 0.0142. The Hall–Kier alpha value is -2.21. The molecule has 1 fully saturated rings. The second-order valence-corrected chi connectivity index (χ2v) is 5.64. The molecule has 6 nitrogen and oxygen atoms in total. The topological polar surface area (TPSA) is 63.1 Å². The summed E-state index contributed by atoms with van der Waals surface area (Å²) in [6, 6.07) is 5.97. The molecule has 1 atom stereocenters. The van der Waals surface area contributed by atoms with Crippen LogP contribution in [0.15, 0.2) is 43.0 Å². The normalized spacial score (nSPS) is 19.0. The number of carbonyl (C=O) groups excluding carboxylic acids is 1. The first-order valence-corrected chi connectivity index (χ1v) is 7.72. The first-order chi connectivity index (χ1) is 10.8. The van der Waals surface area contributed by atoms with Crippen LogP contribution >= 0.6 is 0 Å². The van der Waals surface area contributed by atoms with E-state index in [1.165, 1.54) is 6.42 Å². The lowest BCUT2D eigenvalue weighted by molar-refractivity contribution is -0.118. The van der Waals surface area contributed by atoms with Crippen LogP contribution in [-0.4, -0.2) is 44.7 Å². The van der Waals surface area contributed by atoms with E-state index in [2.05, 4.69) is 20.3 Å². The van der Waals surface area contributed by atoms with Crippen molar-refractivity contribution in [3.63, 3.8) is 0 Å². The second kappa shape index (κ2) is 7.17. The summed E-state index contributed by atoms with van der Waals surface area (Å²) in [5.74, 6) is 0.0142. The van der Waals surface area contributed by atoms with Gasteiger partial charge in [-0.25, -0.2) is 0 Å². The molecule has 0 unspecified atom stereocenters. The molecule has 1 N–H and O–H groups in total. The molecule has 2 aromatic rings. The van der Waals surface area contributed by atoms with Crippen molar-refractivity contribution in [1.82, 2.24) is 19.7 Å². The van der Waals surface area contributed by atoms with Gasteiger partial charge in [0.1, 0.15) is 0 Å². The van der Waals surface area contributed by atoms with Gasteiger partial charge in [-0.15, -0.1) is 0 Å². The zero-order chi connectivity index (χ0) is 15.2. The first kappa shape index (κ1) is 14.7. The maximum atomic E-state index is 12.2. The minimum Gasteiger partial charge on any atom is -0.324 e. The Morgan fingerprint density at radius 1 is 1.32 bits per heavy atom. The number of rotatable bonds is 5. The zero-order valence-electron chi connectivity index (χ0n) is 12.6. The molecule has 0 aliphatic carbocycles. The van der Waals surface area contributed by atoms with Gasteiger partial charge in [-0.05, 0) is 37.6 Å². The number of nitrogens with one attached hydrogen (secondary N) is 1. The molecule has 116 valence electrons. The first-order valence-electron chi connectivity index (χ1n) is 7.72. The highest BCUT2D eigenvalue weighted by Crippen LogP contribution is 2.18. The van der Waals surface area contributed by atoms with Gasteiger partial charge in [-0.2, -0.15) is 5.10 Å². The second-order valence-electron chi connectivity index (χ2n) is 5.64. The van der Waals surface area contributed by atoms with Gasteiger partial charge >= 0.3 is 0 Å². The van der Waals surface area contributed by atoms with Crippen molar-refractivity contribution in [2.24, 2.45) is 0 Å². The molecule has 0 saturated carbocycles. The van der Waals surface area contributed by atoms with E-state index in [1.807, 2.05) is 29.1 Å². The predicted octanol–water partition coefficient (Wildman–Crippen LogP) is 1.77. The van der Waals surface area contributed by atoms with Gasteiger partial charge in [-0.3, -0.25) is 19.4 Å². The third kappa shape index (κ3) is 3.92. The van der Waals surface area contributed by atoms with Gasteiger partial charge in [0, 0.05) is 24.6 Å². The molecule has 3 heterocycles. The number of amides is 1. The fourth-order valence-corrected chi connectivity index (χ4v) is 2.92. The van der Waals surface area contributed by atoms with Crippen LogP contribution in [0, 0.1) is 0 Å². The third-order valence-electron chi connectivity index (χ3n) is 4.00. The number of anilines is 1.